The van der Waals surface area contributed by atoms with Crippen molar-refractivity contribution in [1.29, 1.82) is 5.26 Å². The van der Waals surface area contributed by atoms with E-state index in [0.717, 1.165) is 0 Å². The van der Waals surface area contributed by atoms with Gasteiger partial charge in [0.2, 0.25) is 11.9 Å². The predicted octanol–water partition coefficient (Wildman–Crippen LogP) is 1.65. The van der Waals surface area contributed by atoms with Gasteiger partial charge in [-0.3, -0.25) is 29.3 Å². The van der Waals surface area contributed by atoms with Crippen molar-refractivity contribution in [3.05, 3.63) is 16.7 Å². The predicted molar refractivity (Wildman–Crippen MR) is 129 cm³/mol. The van der Waals surface area contributed by atoms with Crippen LogP contribution in [0.2, 0.25) is 0 Å². The maximum absolute atomic E-state index is 12.5. The first kappa shape index (κ1) is 27.3. The molecule has 1 aliphatic heterocycles. The number of H-pyrrole nitrogens is 1. The first-order valence-corrected chi connectivity index (χ1v) is 14.2. The van der Waals surface area contributed by atoms with Gasteiger partial charge >= 0.3 is 5.97 Å². The number of nitrogens with zero attached hydrogens (tertiary/aromatic N) is 4. The highest BCUT2D eigenvalue weighted by Gasteiger charge is 2.40. The summed E-state index contributed by atoms with van der Waals surface area (Å²) in [5.41, 5.74) is -3.38. The molecule has 0 saturated carbocycles. The SMILES string of the molecule is CC(=O)O[C@H]1C[C@H](n2cnc3c(=O)[nH]c(NC(=O)C(C)C)nc32)O[C@@H]1COP(=S)([S-])OCCC#N. The molecule has 35 heavy (non-hydrogen) atoms. The minimum atomic E-state index is -3.06. The first-order chi connectivity index (χ1) is 16.5. The number of amides is 1. The van der Waals surface area contributed by atoms with Crippen LogP contribution in [0.4, 0.5) is 5.95 Å². The first-order valence-electron chi connectivity index (χ1n) is 10.6. The Bertz CT molecular complexity index is 1240. The van der Waals surface area contributed by atoms with Crippen LogP contribution in [0.5, 0.6) is 0 Å². The molecule has 3 rings (SSSR count). The van der Waals surface area contributed by atoms with Crippen LogP contribution >= 0.6 is 5.69 Å². The fourth-order valence-electron chi connectivity index (χ4n) is 3.22. The van der Waals surface area contributed by atoms with E-state index in [1.54, 1.807) is 13.8 Å². The standard InChI is InChI=1S/C19H25N6O7PS2/c1-10(2)17(27)23-19-22-16-15(18(28)24-19)21-9-25(16)14-7-12(31-11(3)26)13(32-14)8-30-33(34,35)29-6-4-5-20/h9-10,12-14H,4,6-8H2,1-3H3,(H,34,35)(H2,22,23,24,27,28)/p-1/t12-,13+,14+/m0/s1. The molecule has 2 aromatic heterocycles. The summed E-state index contributed by atoms with van der Waals surface area (Å²) in [6.07, 6.45) is -0.465. The summed E-state index contributed by atoms with van der Waals surface area (Å²) in [4.78, 5) is 47.1. The molecule has 190 valence electrons. The molecule has 0 radical (unpaired) electrons. The van der Waals surface area contributed by atoms with Crippen LogP contribution < -0.4 is 10.9 Å². The van der Waals surface area contributed by atoms with Crippen LogP contribution in [0.15, 0.2) is 11.1 Å². The van der Waals surface area contributed by atoms with Crippen LogP contribution in [0.1, 0.15) is 39.8 Å². The van der Waals surface area contributed by atoms with Crippen LogP contribution in [0.3, 0.4) is 0 Å². The Morgan fingerprint density at radius 3 is 2.89 bits per heavy atom. The molecule has 2 N–H and O–H groups in total. The number of nitrogens with one attached hydrogen (secondary N) is 2. The van der Waals surface area contributed by atoms with Gasteiger partial charge < -0.3 is 30.8 Å². The molecule has 0 bridgehead atoms. The number of carbonyl (C=O) groups is 2. The molecule has 16 heteroatoms. The number of anilines is 1. The third-order valence-electron chi connectivity index (χ3n) is 4.87. The van der Waals surface area contributed by atoms with Gasteiger partial charge in [-0.25, -0.2) is 4.98 Å². The summed E-state index contributed by atoms with van der Waals surface area (Å²) >= 11 is 10.4. The second-order valence-corrected chi connectivity index (χ2v) is 12.9. The van der Waals surface area contributed by atoms with E-state index in [0.29, 0.717) is 0 Å². The molecule has 0 aromatic carbocycles. The molecule has 0 spiro atoms. The largest absolute Gasteiger partial charge is 0.691 e. The van der Waals surface area contributed by atoms with Crippen molar-refractivity contribution in [2.45, 2.75) is 52.0 Å². The second-order valence-electron chi connectivity index (χ2n) is 7.88. The number of aromatic amines is 1. The molecule has 13 nitrogen and oxygen atoms in total. The third kappa shape index (κ3) is 7.09. The Morgan fingerprint density at radius 1 is 1.49 bits per heavy atom. The lowest BCUT2D eigenvalue weighted by Crippen LogP contribution is -2.30. The van der Waals surface area contributed by atoms with E-state index in [-0.39, 0.29) is 55.0 Å². The average Bonchev–Trinajstić information content (AvgIpc) is 3.36. The summed E-state index contributed by atoms with van der Waals surface area (Å²) in [5, 5.41) is 11.2. The van der Waals surface area contributed by atoms with Gasteiger partial charge in [0.05, 0.1) is 37.7 Å². The van der Waals surface area contributed by atoms with E-state index >= 15 is 0 Å². The number of nitriles is 1. The monoisotopic (exact) mass is 543 g/mol. The minimum absolute atomic E-state index is 0.0290. The summed E-state index contributed by atoms with van der Waals surface area (Å²) < 4.78 is 23.8. The van der Waals surface area contributed by atoms with E-state index < -0.39 is 35.7 Å². The van der Waals surface area contributed by atoms with Gasteiger partial charge in [0, 0.05) is 19.3 Å². The molecule has 1 fully saturated rings. The maximum atomic E-state index is 12.5. The van der Waals surface area contributed by atoms with Gasteiger partial charge in [-0.05, 0) is 0 Å². The number of hydrogen-bond acceptors (Lipinski definition) is 12. The van der Waals surface area contributed by atoms with Crippen molar-refractivity contribution in [1.82, 2.24) is 19.5 Å². The van der Waals surface area contributed by atoms with E-state index in [2.05, 4.69) is 20.3 Å². The van der Waals surface area contributed by atoms with Crippen LogP contribution in [-0.2, 0) is 52.2 Å². The minimum Gasteiger partial charge on any atom is -0.691 e. The Hall–Kier alpha value is -2.34. The summed E-state index contributed by atoms with van der Waals surface area (Å²) in [7, 11) is 0. The zero-order valence-corrected chi connectivity index (χ0v) is 21.7. The molecule has 0 aliphatic carbocycles. The Labute approximate surface area is 210 Å². The van der Waals surface area contributed by atoms with Crippen molar-refractivity contribution >= 4 is 58.7 Å². The smallest absolute Gasteiger partial charge is 0.302 e. The van der Waals surface area contributed by atoms with Crippen LogP contribution in [0.25, 0.3) is 11.2 Å². The van der Waals surface area contributed by atoms with Crippen molar-refractivity contribution in [3.63, 3.8) is 0 Å². The summed E-state index contributed by atoms with van der Waals surface area (Å²) in [5.74, 6) is -1.19. The van der Waals surface area contributed by atoms with Crippen molar-refractivity contribution in [2.24, 2.45) is 5.92 Å². The lowest BCUT2D eigenvalue weighted by Gasteiger charge is -2.30. The fraction of sp³-hybridized carbons (Fsp3) is 0.579. The molecule has 1 saturated heterocycles. The molecular formula is C19H24N6O7PS2-. The van der Waals surface area contributed by atoms with E-state index in [1.807, 2.05) is 6.07 Å². The lowest BCUT2D eigenvalue weighted by molar-refractivity contribution is -0.150. The number of fused-ring (bicyclic) bond motifs is 1. The quantitative estimate of drug-likeness (QED) is 0.192. The highest BCUT2D eigenvalue weighted by Crippen LogP contribution is 2.47. The van der Waals surface area contributed by atoms with Gasteiger partial charge in [-0.1, -0.05) is 25.7 Å². The maximum Gasteiger partial charge on any atom is 0.302 e. The fourth-order valence-corrected chi connectivity index (χ4v) is 4.75. The van der Waals surface area contributed by atoms with Gasteiger partial charge in [-0.15, -0.1) is 0 Å². The van der Waals surface area contributed by atoms with E-state index in [1.165, 1.54) is 17.8 Å². The number of esters is 1. The number of imidazole rings is 1. The molecule has 4 atom stereocenters. The number of hydrogen-bond donors (Lipinski definition) is 2. The summed E-state index contributed by atoms with van der Waals surface area (Å²) in [6, 6.07) is 1.93. The van der Waals surface area contributed by atoms with Crippen molar-refractivity contribution in [2.75, 3.05) is 18.5 Å². The Balaban J connectivity index is 1.82. The van der Waals surface area contributed by atoms with Gasteiger partial charge in [-0.2, -0.15) is 10.2 Å². The van der Waals surface area contributed by atoms with Crippen LogP contribution in [0, 0.1) is 17.2 Å². The number of aromatic nitrogens is 4. The Morgan fingerprint density at radius 2 is 2.23 bits per heavy atom. The van der Waals surface area contributed by atoms with Crippen molar-refractivity contribution in [3.8, 4) is 6.07 Å². The van der Waals surface area contributed by atoms with Gasteiger partial charge in [0.25, 0.3) is 5.56 Å². The zero-order chi connectivity index (χ0) is 25.8. The summed E-state index contributed by atoms with van der Waals surface area (Å²) in [6.45, 7) is 4.62. The molecule has 1 amide bonds. The molecular weight excluding hydrogens is 519 g/mol. The molecule has 1 aliphatic rings. The number of rotatable bonds is 10. The average molecular weight is 544 g/mol. The molecule has 3 heterocycles. The lowest BCUT2D eigenvalue weighted by atomic mass is 10.2. The van der Waals surface area contributed by atoms with E-state index in [9.17, 15) is 14.4 Å². The van der Waals surface area contributed by atoms with E-state index in [4.69, 9.17) is 47.8 Å². The highest BCUT2D eigenvalue weighted by molar-refractivity contribution is 8.51. The number of carbonyl (C=O) groups excluding carboxylic acids is 2. The second kappa shape index (κ2) is 11.6. The molecule has 2 aromatic rings. The normalized spacial score (nSPS) is 21.5. The van der Waals surface area contributed by atoms with Gasteiger partial charge in [0.1, 0.15) is 18.4 Å². The van der Waals surface area contributed by atoms with Crippen molar-refractivity contribution < 1.29 is 28.1 Å². The number of ether oxygens (including phenoxy) is 2. The van der Waals surface area contributed by atoms with Crippen LogP contribution in [-0.4, -0.2) is 56.8 Å². The Kier molecular flexibility index (Phi) is 9.03. The van der Waals surface area contributed by atoms with Gasteiger partial charge in [0.15, 0.2) is 11.2 Å². The zero-order valence-electron chi connectivity index (χ0n) is 19.1. The third-order valence-corrected chi connectivity index (χ3v) is 7.10. The highest BCUT2D eigenvalue weighted by atomic mass is 32.9. The molecule has 1 unspecified atom stereocenters. The topological polar surface area (TPSA) is 170 Å².